The van der Waals surface area contributed by atoms with Crippen LogP contribution in [0, 0.1) is 0 Å². The van der Waals surface area contributed by atoms with Crippen molar-refractivity contribution in [2.75, 3.05) is 6.61 Å². The van der Waals surface area contributed by atoms with Gasteiger partial charge in [0.25, 0.3) is 5.56 Å². The van der Waals surface area contributed by atoms with E-state index in [1.165, 1.54) is 4.57 Å². The van der Waals surface area contributed by atoms with E-state index in [1.807, 2.05) is 0 Å². The fourth-order valence-corrected chi connectivity index (χ4v) is 3.73. The number of hydrogen-bond donors (Lipinski definition) is 0. The highest BCUT2D eigenvalue weighted by atomic mass is 35.5. The van der Waals surface area contributed by atoms with Gasteiger partial charge in [0.15, 0.2) is 0 Å². The first kappa shape index (κ1) is 20.2. The summed E-state index contributed by atoms with van der Waals surface area (Å²) in [7, 11) is 0. The Kier molecular flexibility index (Phi) is 5.62. The number of aromatic nitrogens is 1. The molecule has 150 valence electrons. The summed E-state index contributed by atoms with van der Waals surface area (Å²) in [6.07, 6.45) is 0. The molecule has 0 aliphatic rings. The predicted molar refractivity (Wildman–Crippen MR) is 121 cm³/mol. The topological polar surface area (TPSA) is 48.3 Å². The van der Waals surface area contributed by atoms with Gasteiger partial charge in [0, 0.05) is 26.5 Å². The van der Waals surface area contributed by atoms with E-state index in [0.29, 0.717) is 43.3 Å². The molecule has 3 aromatic carbocycles. The zero-order valence-corrected chi connectivity index (χ0v) is 17.6. The third-order valence-electron chi connectivity index (χ3n) is 4.77. The summed E-state index contributed by atoms with van der Waals surface area (Å²) in [6.45, 7) is 1.96. The molecule has 1 aromatic heterocycles. The minimum absolute atomic E-state index is 0.216. The number of esters is 1. The lowest BCUT2D eigenvalue weighted by Gasteiger charge is -2.19. The Hall–Kier alpha value is -3.08. The minimum Gasteiger partial charge on any atom is -0.462 e. The van der Waals surface area contributed by atoms with Gasteiger partial charge in [0.1, 0.15) is 0 Å². The predicted octanol–water partition coefficient (Wildman–Crippen LogP) is 6.14. The van der Waals surface area contributed by atoms with E-state index in [0.717, 1.165) is 0 Å². The van der Waals surface area contributed by atoms with E-state index < -0.39 is 5.97 Å². The quantitative estimate of drug-likeness (QED) is 0.360. The molecule has 0 N–H and O–H groups in total. The number of carbonyl (C=O) groups is 1. The summed E-state index contributed by atoms with van der Waals surface area (Å²) >= 11 is 12.1. The smallest absolute Gasteiger partial charge is 0.340 e. The summed E-state index contributed by atoms with van der Waals surface area (Å²) in [4.78, 5) is 26.6. The standard InChI is InChI=1S/C24H17Cl2NO3/c1-2-30-24(29)21-19-5-3-4-6-20(19)23(28)27(18-13-11-17(26)12-14-18)22(21)15-7-9-16(25)10-8-15/h3-14H,2H2,1H3. The van der Waals surface area contributed by atoms with Crippen molar-refractivity contribution in [3.63, 3.8) is 0 Å². The fraction of sp³-hybridized carbons (Fsp3) is 0.0833. The van der Waals surface area contributed by atoms with E-state index in [4.69, 9.17) is 27.9 Å². The lowest BCUT2D eigenvalue weighted by molar-refractivity contribution is 0.0529. The van der Waals surface area contributed by atoms with E-state index >= 15 is 0 Å². The van der Waals surface area contributed by atoms with Gasteiger partial charge in [-0.1, -0.05) is 53.5 Å². The molecule has 0 amide bonds. The lowest BCUT2D eigenvalue weighted by atomic mass is 9.98. The Balaban J connectivity index is 2.20. The molecule has 0 spiro atoms. The molecule has 0 atom stereocenters. The van der Waals surface area contributed by atoms with Crippen LogP contribution in [0.3, 0.4) is 0 Å². The van der Waals surface area contributed by atoms with Gasteiger partial charge in [-0.15, -0.1) is 0 Å². The number of nitrogens with zero attached hydrogens (tertiary/aromatic N) is 1. The zero-order valence-electron chi connectivity index (χ0n) is 16.1. The third-order valence-corrected chi connectivity index (χ3v) is 5.28. The maximum absolute atomic E-state index is 13.6. The Morgan fingerprint density at radius 2 is 1.43 bits per heavy atom. The van der Waals surface area contributed by atoms with Crippen molar-refractivity contribution in [1.82, 2.24) is 4.57 Å². The van der Waals surface area contributed by atoms with Crippen LogP contribution < -0.4 is 5.56 Å². The summed E-state index contributed by atoms with van der Waals surface area (Å²) in [5.41, 5.74) is 1.78. The van der Waals surface area contributed by atoms with Crippen molar-refractivity contribution in [3.05, 3.63) is 98.8 Å². The summed E-state index contributed by atoms with van der Waals surface area (Å²) in [5.74, 6) is -0.499. The Morgan fingerprint density at radius 3 is 2.03 bits per heavy atom. The van der Waals surface area contributed by atoms with Crippen LogP contribution in [0.25, 0.3) is 27.7 Å². The van der Waals surface area contributed by atoms with Crippen molar-refractivity contribution in [3.8, 4) is 16.9 Å². The third kappa shape index (κ3) is 3.60. The van der Waals surface area contributed by atoms with Crippen molar-refractivity contribution in [2.24, 2.45) is 0 Å². The largest absolute Gasteiger partial charge is 0.462 e. The van der Waals surface area contributed by atoms with Gasteiger partial charge in [0.2, 0.25) is 0 Å². The van der Waals surface area contributed by atoms with E-state index in [1.54, 1.807) is 79.7 Å². The number of halogens is 2. The van der Waals surface area contributed by atoms with Crippen LogP contribution in [-0.4, -0.2) is 17.1 Å². The van der Waals surface area contributed by atoms with Crippen molar-refractivity contribution in [2.45, 2.75) is 6.92 Å². The molecule has 0 saturated heterocycles. The lowest BCUT2D eigenvalue weighted by Crippen LogP contribution is -2.24. The van der Waals surface area contributed by atoms with Crippen LogP contribution in [-0.2, 0) is 4.74 Å². The molecular weight excluding hydrogens is 421 g/mol. The van der Waals surface area contributed by atoms with Crippen molar-refractivity contribution >= 4 is 39.9 Å². The Morgan fingerprint density at radius 1 is 0.867 bits per heavy atom. The van der Waals surface area contributed by atoms with Crippen LogP contribution in [0.15, 0.2) is 77.6 Å². The van der Waals surface area contributed by atoms with Crippen LogP contribution in [0.2, 0.25) is 10.0 Å². The molecule has 0 aliphatic heterocycles. The van der Waals surface area contributed by atoms with Gasteiger partial charge < -0.3 is 4.74 Å². The molecule has 0 saturated carbocycles. The highest BCUT2D eigenvalue weighted by molar-refractivity contribution is 6.31. The highest BCUT2D eigenvalue weighted by Crippen LogP contribution is 2.32. The van der Waals surface area contributed by atoms with E-state index in [-0.39, 0.29) is 12.2 Å². The molecule has 4 rings (SSSR count). The molecule has 0 fully saturated rings. The molecule has 0 aliphatic carbocycles. The number of hydrogen-bond acceptors (Lipinski definition) is 3. The van der Waals surface area contributed by atoms with Gasteiger partial charge in [0.05, 0.1) is 17.9 Å². The normalized spacial score (nSPS) is 10.9. The molecule has 4 aromatic rings. The van der Waals surface area contributed by atoms with E-state index in [9.17, 15) is 9.59 Å². The average Bonchev–Trinajstić information content (AvgIpc) is 2.75. The Labute approximate surface area is 183 Å². The molecule has 0 unspecified atom stereocenters. The molecule has 4 nitrogen and oxygen atoms in total. The number of benzene rings is 3. The number of ether oxygens (including phenoxy) is 1. The summed E-state index contributed by atoms with van der Waals surface area (Å²) in [5, 5.41) is 2.06. The van der Waals surface area contributed by atoms with E-state index in [2.05, 4.69) is 0 Å². The second-order valence-electron chi connectivity index (χ2n) is 6.61. The Bertz CT molecular complexity index is 1290. The zero-order chi connectivity index (χ0) is 21.3. The van der Waals surface area contributed by atoms with Gasteiger partial charge >= 0.3 is 5.97 Å². The molecule has 0 radical (unpaired) electrons. The molecule has 0 bridgehead atoms. The second-order valence-corrected chi connectivity index (χ2v) is 7.49. The molecule has 6 heteroatoms. The van der Waals surface area contributed by atoms with Gasteiger partial charge in [-0.2, -0.15) is 0 Å². The second kappa shape index (κ2) is 8.34. The SMILES string of the molecule is CCOC(=O)c1c(-c2ccc(Cl)cc2)n(-c2ccc(Cl)cc2)c(=O)c2ccccc12. The molecule has 1 heterocycles. The van der Waals surface area contributed by atoms with Crippen molar-refractivity contribution < 1.29 is 9.53 Å². The monoisotopic (exact) mass is 437 g/mol. The van der Waals surface area contributed by atoms with Crippen LogP contribution >= 0.6 is 23.2 Å². The van der Waals surface area contributed by atoms with Crippen molar-refractivity contribution in [1.29, 1.82) is 0 Å². The number of carbonyl (C=O) groups excluding carboxylic acids is 1. The van der Waals surface area contributed by atoms with Gasteiger partial charge in [-0.25, -0.2) is 4.79 Å². The number of fused-ring (bicyclic) bond motifs is 1. The first-order chi connectivity index (χ1) is 14.5. The first-order valence-electron chi connectivity index (χ1n) is 9.38. The maximum Gasteiger partial charge on any atom is 0.340 e. The number of rotatable bonds is 4. The van der Waals surface area contributed by atoms with Crippen LogP contribution in [0.1, 0.15) is 17.3 Å². The molecule has 30 heavy (non-hydrogen) atoms. The maximum atomic E-state index is 13.6. The minimum atomic E-state index is -0.499. The molecular formula is C24H17Cl2NO3. The highest BCUT2D eigenvalue weighted by Gasteiger charge is 2.24. The summed E-state index contributed by atoms with van der Waals surface area (Å²) in [6, 6.07) is 20.9. The first-order valence-corrected chi connectivity index (χ1v) is 10.1. The van der Waals surface area contributed by atoms with Crippen LogP contribution in [0.4, 0.5) is 0 Å². The van der Waals surface area contributed by atoms with Gasteiger partial charge in [-0.3, -0.25) is 9.36 Å². The van der Waals surface area contributed by atoms with Crippen LogP contribution in [0.5, 0.6) is 0 Å². The number of pyridine rings is 1. The average molecular weight is 438 g/mol. The summed E-state index contributed by atoms with van der Waals surface area (Å²) < 4.78 is 6.89. The van der Waals surface area contributed by atoms with Gasteiger partial charge in [-0.05, 0) is 55.0 Å². The fourth-order valence-electron chi connectivity index (χ4n) is 3.48.